The molecular weight excluding hydrogens is 729 g/mol. The number of carbonyl (C=O) groups is 1. The summed E-state index contributed by atoms with van der Waals surface area (Å²) >= 11 is 3.21. The Kier molecular flexibility index (Phi) is 16.5. The number of amides is 1. The average molecular weight is 781 g/mol. The SMILES string of the molecule is CCc1cccc(OC)c1.CCc1cccc2ccccc12.NCc1cccc(NC(=C2CC2)c2cccs2)c1.NCc1cccc(NC(=O)c2cccs2)c1. The Morgan fingerprint density at radius 3 is 1.80 bits per heavy atom. The van der Waals surface area contributed by atoms with Gasteiger partial charge in [0.2, 0.25) is 0 Å². The summed E-state index contributed by atoms with van der Waals surface area (Å²) in [5, 5.41) is 13.1. The van der Waals surface area contributed by atoms with E-state index in [-0.39, 0.29) is 5.91 Å². The molecule has 0 bridgehead atoms. The molecule has 0 atom stereocenters. The molecule has 8 heteroatoms. The van der Waals surface area contributed by atoms with E-state index in [0.717, 1.165) is 41.1 Å². The summed E-state index contributed by atoms with van der Waals surface area (Å²) in [6, 6.07) is 46.9. The van der Waals surface area contributed by atoms with Gasteiger partial charge in [-0.2, -0.15) is 0 Å². The predicted octanol–water partition coefficient (Wildman–Crippen LogP) is 11.9. The van der Waals surface area contributed by atoms with Crippen LogP contribution in [0.15, 0.2) is 156 Å². The van der Waals surface area contributed by atoms with Crippen LogP contribution in [0.25, 0.3) is 16.5 Å². The monoisotopic (exact) mass is 780 g/mol. The van der Waals surface area contributed by atoms with Crippen LogP contribution in [0.3, 0.4) is 0 Å². The number of hydrogen-bond donors (Lipinski definition) is 4. The molecule has 0 saturated heterocycles. The number of rotatable bonds is 10. The molecule has 288 valence electrons. The highest BCUT2D eigenvalue weighted by molar-refractivity contribution is 7.12. The van der Waals surface area contributed by atoms with Crippen LogP contribution in [-0.4, -0.2) is 13.0 Å². The second-order valence-corrected chi connectivity index (χ2v) is 14.9. The maximum absolute atomic E-state index is 11.7. The highest BCUT2D eigenvalue weighted by atomic mass is 32.1. The van der Waals surface area contributed by atoms with Gasteiger partial charge in [-0.1, -0.05) is 105 Å². The topological polar surface area (TPSA) is 102 Å². The molecule has 0 spiro atoms. The number of allylic oxidation sites excluding steroid dienone is 1. The van der Waals surface area contributed by atoms with E-state index in [4.69, 9.17) is 16.2 Å². The van der Waals surface area contributed by atoms with E-state index in [1.54, 1.807) is 24.5 Å². The zero-order chi connectivity index (χ0) is 39.5. The van der Waals surface area contributed by atoms with Crippen molar-refractivity contribution in [2.45, 2.75) is 52.6 Å². The van der Waals surface area contributed by atoms with Gasteiger partial charge in [-0.3, -0.25) is 4.79 Å². The third-order valence-electron chi connectivity index (χ3n) is 9.02. The lowest BCUT2D eigenvalue weighted by atomic mass is 10.0. The summed E-state index contributed by atoms with van der Waals surface area (Å²) in [4.78, 5) is 13.8. The third kappa shape index (κ3) is 12.8. The van der Waals surface area contributed by atoms with E-state index in [1.165, 1.54) is 62.2 Å². The van der Waals surface area contributed by atoms with Crippen LogP contribution in [0.5, 0.6) is 5.75 Å². The summed E-state index contributed by atoms with van der Waals surface area (Å²) in [5.41, 5.74) is 20.9. The fourth-order valence-electron chi connectivity index (χ4n) is 5.85. The van der Waals surface area contributed by atoms with Gasteiger partial charge in [-0.05, 0) is 124 Å². The summed E-state index contributed by atoms with van der Waals surface area (Å²) < 4.78 is 5.06. The number of nitrogens with one attached hydrogen (secondary N) is 2. The van der Waals surface area contributed by atoms with Gasteiger partial charge in [0.1, 0.15) is 5.75 Å². The lowest BCUT2D eigenvalue weighted by Gasteiger charge is -2.10. The van der Waals surface area contributed by atoms with E-state index in [9.17, 15) is 4.79 Å². The largest absolute Gasteiger partial charge is 0.497 e. The molecule has 7 aromatic rings. The maximum atomic E-state index is 11.7. The summed E-state index contributed by atoms with van der Waals surface area (Å²) in [5.74, 6) is 0.864. The normalized spacial score (nSPS) is 11.1. The van der Waals surface area contributed by atoms with Crippen molar-refractivity contribution in [1.82, 2.24) is 0 Å². The first-order chi connectivity index (χ1) is 27.4. The van der Waals surface area contributed by atoms with Crippen LogP contribution in [0.2, 0.25) is 0 Å². The molecule has 0 unspecified atom stereocenters. The molecule has 1 saturated carbocycles. The smallest absolute Gasteiger partial charge is 0.265 e. The molecule has 1 fully saturated rings. The Morgan fingerprint density at radius 2 is 1.21 bits per heavy atom. The lowest BCUT2D eigenvalue weighted by Crippen LogP contribution is -2.10. The molecule has 56 heavy (non-hydrogen) atoms. The number of anilines is 2. The second-order valence-electron chi connectivity index (χ2n) is 13.0. The minimum Gasteiger partial charge on any atom is -0.497 e. The number of thiophene rings is 2. The van der Waals surface area contributed by atoms with Gasteiger partial charge in [0, 0.05) is 24.5 Å². The Morgan fingerprint density at radius 1 is 0.625 bits per heavy atom. The van der Waals surface area contributed by atoms with Gasteiger partial charge in [0.15, 0.2) is 0 Å². The molecule has 2 aromatic heterocycles. The fourth-order valence-corrected chi connectivity index (χ4v) is 7.24. The average Bonchev–Trinajstić information content (AvgIpc) is 3.66. The van der Waals surface area contributed by atoms with Crippen molar-refractivity contribution in [3.63, 3.8) is 0 Å². The number of fused-ring (bicyclic) bond motifs is 1. The van der Waals surface area contributed by atoms with E-state index in [0.29, 0.717) is 18.0 Å². The fraction of sp³-hybridized carbons (Fsp3) is 0.188. The number of benzene rings is 5. The summed E-state index contributed by atoms with van der Waals surface area (Å²) in [6.07, 6.45) is 4.62. The minimum atomic E-state index is -0.0795. The molecule has 5 aromatic carbocycles. The number of aryl methyl sites for hydroxylation is 2. The highest BCUT2D eigenvalue weighted by Gasteiger charge is 2.20. The van der Waals surface area contributed by atoms with Crippen molar-refractivity contribution in [3.05, 3.63) is 188 Å². The first-order valence-corrected chi connectivity index (χ1v) is 20.8. The van der Waals surface area contributed by atoms with Gasteiger partial charge in [-0.25, -0.2) is 0 Å². The molecule has 2 heterocycles. The summed E-state index contributed by atoms with van der Waals surface area (Å²) in [7, 11) is 1.69. The Labute approximate surface area is 339 Å². The molecule has 1 aliphatic rings. The van der Waals surface area contributed by atoms with Crippen molar-refractivity contribution < 1.29 is 9.53 Å². The number of nitrogens with two attached hydrogens (primary N) is 2. The van der Waals surface area contributed by atoms with Crippen LogP contribution in [0.1, 0.15) is 63.5 Å². The van der Waals surface area contributed by atoms with Gasteiger partial charge >= 0.3 is 0 Å². The van der Waals surface area contributed by atoms with Crippen molar-refractivity contribution in [2.75, 3.05) is 17.7 Å². The standard InChI is InChI=1S/C15H16N2S.C12H12N2OS.C12H12.C9H12O/c16-10-11-3-1-4-13(9-11)17-15(12-6-7-12)14-5-2-8-18-14;13-8-9-3-1-4-10(7-9)14-12(15)11-5-2-6-16-11;1-2-10-7-5-8-11-6-3-4-9-12(10)11;1-3-8-5-4-6-9(7-8)10-2/h1-5,8-9,17H,6-7,10,16H2;1-7H,8,13H2,(H,14,15);3-9H,2H2,1H3;4-7H,3H2,1-2H3. The van der Waals surface area contributed by atoms with Gasteiger partial charge in [0.25, 0.3) is 5.91 Å². The van der Waals surface area contributed by atoms with Gasteiger partial charge in [-0.15, -0.1) is 22.7 Å². The van der Waals surface area contributed by atoms with Crippen molar-refractivity contribution in [2.24, 2.45) is 11.5 Å². The van der Waals surface area contributed by atoms with Crippen molar-refractivity contribution >= 4 is 56.4 Å². The van der Waals surface area contributed by atoms with Crippen molar-refractivity contribution in [1.29, 1.82) is 0 Å². The molecule has 0 radical (unpaired) electrons. The van der Waals surface area contributed by atoms with Crippen LogP contribution in [0, 0.1) is 0 Å². The molecular formula is C48H52N4O2S2. The number of methoxy groups -OCH3 is 1. The van der Waals surface area contributed by atoms with Crippen molar-refractivity contribution in [3.8, 4) is 5.75 Å². The number of ether oxygens (including phenoxy) is 1. The molecule has 8 rings (SSSR count). The molecule has 1 aliphatic carbocycles. The zero-order valence-electron chi connectivity index (χ0n) is 32.5. The van der Waals surface area contributed by atoms with Gasteiger partial charge in [0.05, 0.1) is 22.6 Å². The maximum Gasteiger partial charge on any atom is 0.265 e. The van der Waals surface area contributed by atoms with Crippen LogP contribution < -0.4 is 26.8 Å². The molecule has 0 aliphatic heterocycles. The molecule has 6 nitrogen and oxygen atoms in total. The van der Waals surface area contributed by atoms with E-state index in [1.807, 2.05) is 53.9 Å². The predicted molar refractivity (Wildman–Crippen MR) is 241 cm³/mol. The first kappa shape index (κ1) is 41.6. The Bertz CT molecular complexity index is 2250. The minimum absolute atomic E-state index is 0.0795. The lowest BCUT2D eigenvalue weighted by molar-refractivity contribution is 0.103. The number of hydrogen-bond acceptors (Lipinski definition) is 7. The van der Waals surface area contributed by atoms with Crippen LogP contribution in [0.4, 0.5) is 11.4 Å². The summed E-state index contributed by atoms with van der Waals surface area (Å²) in [6.45, 7) is 5.39. The quantitative estimate of drug-likeness (QED) is 0.111. The Hall–Kier alpha value is -5.51. The van der Waals surface area contributed by atoms with E-state index < -0.39 is 0 Å². The Balaban J connectivity index is 0.000000146. The highest BCUT2D eigenvalue weighted by Crippen LogP contribution is 2.38. The van der Waals surface area contributed by atoms with E-state index >= 15 is 0 Å². The molecule has 6 N–H and O–H groups in total. The molecule has 1 amide bonds. The van der Waals surface area contributed by atoms with Gasteiger partial charge < -0.3 is 26.8 Å². The van der Waals surface area contributed by atoms with Crippen LogP contribution >= 0.6 is 22.7 Å². The number of carbonyl (C=O) groups excluding carboxylic acids is 1. The first-order valence-electron chi connectivity index (χ1n) is 19.0. The van der Waals surface area contributed by atoms with E-state index in [2.05, 4.69) is 115 Å². The second kappa shape index (κ2) is 22.1. The third-order valence-corrected chi connectivity index (χ3v) is 10.8. The van der Waals surface area contributed by atoms with Crippen LogP contribution in [-0.2, 0) is 25.9 Å². The zero-order valence-corrected chi connectivity index (χ0v) is 34.1.